The maximum Gasteiger partial charge on any atom is 0.171 e. The Bertz CT molecular complexity index is 756. The van der Waals surface area contributed by atoms with Gasteiger partial charge in [-0.25, -0.2) is 4.98 Å². The van der Waals surface area contributed by atoms with Crippen LogP contribution < -0.4 is 0 Å². The summed E-state index contributed by atoms with van der Waals surface area (Å²) in [6.45, 7) is 3.72. The summed E-state index contributed by atoms with van der Waals surface area (Å²) in [4.78, 5) is 28.5. The van der Waals surface area contributed by atoms with Crippen molar-refractivity contribution in [1.29, 1.82) is 0 Å². The predicted octanol–water partition coefficient (Wildman–Crippen LogP) is 1.29. The number of carbonyl (C=O) groups excluding carboxylic acids is 2. The van der Waals surface area contributed by atoms with E-state index in [4.69, 9.17) is 9.47 Å². The summed E-state index contributed by atoms with van der Waals surface area (Å²) in [6.07, 6.45) is -2.10. The van der Waals surface area contributed by atoms with Crippen molar-refractivity contribution >= 4 is 27.5 Å². The first-order chi connectivity index (χ1) is 14.2. The lowest BCUT2D eigenvalue weighted by atomic mass is 9.85. The minimum atomic E-state index is -1.14. The number of nitrogens with zero attached hydrogens (tertiary/aromatic N) is 1. The maximum absolute atomic E-state index is 12.3. The topological polar surface area (TPSA) is 129 Å². The summed E-state index contributed by atoms with van der Waals surface area (Å²) in [5, 5.41) is 30.6. The lowest BCUT2D eigenvalue weighted by Crippen LogP contribution is -2.51. The van der Waals surface area contributed by atoms with Crippen molar-refractivity contribution in [1.82, 2.24) is 4.98 Å². The van der Waals surface area contributed by atoms with E-state index in [0.717, 1.165) is 0 Å². The zero-order valence-electron chi connectivity index (χ0n) is 17.0. The zero-order chi connectivity index (χ0) is 22.0. The number of hydrogen-bond acceptors (Lipinski definition) is 8. The van der Waals surface area contributed by atoms with Gasteiger partial charge in [0.2, 0.25) is 0 Å². The van der Waals surface area contributed by atoms with Crippen molar-refractivity contribution in [2.24, 2.45) is 11.8 Å². The first-order valence-electron chi connectivity index (χ1n) is 10.1. The molecule has 0 bridgehead atoms. The fourth-order valence-corrected chi connectivity index (χ4v) is 4.06. The molecule has 166 valence electrons. The van der Waals surface area contributed by atoms with Gasteiger partial charge in [-0.15, -0.1) is 0 Å². The number of aromatic nitrogens is 1. The monoisotopic (exact) mass is 485 g/mol. The van der Waals surface area contributed by atoms with Crippen molar-refractivity contribution in [3.63, 3.8) is 0 Å². The molecular formula is C21H28BrNO7. The molecule has 8 nitrogen and oxygen atoms in total. The SMILES string of the molecule is C[C@H]([C@@H]1O[C@H]1C[C@@H]1OC[C@H](CC(=O)CC(=O)c2ccc(Br)nc2)[C@@H](O)[C@H]1O)[C@H](C)O. The standard InChI is InChI=1S/C21H28BrNO7/c1-10(11(2)24)21-17(30-21)7-16-20(28)19(27)13(9-29-16)5-14(25)6-15(26)12-3-4-18(22)23-8-12/h3-4,8,10-11,13,16-17,19-21,24,27-28H,5-7,9H2,1-2H3/t10-,11-,13-,16-,17-,19+,20-,21-/m0/s1. The third kappa shape index (κ3) is 5.72. The van der Waals surface area contributed by atoms with Gasteiger partial charge < -0.3 is 24.8 Å². The average molecular weight is 486 g/mol. The number of epoxide rings is 1. The highest BCUT2D eigenvalue weighted by Crippen LogP contribution is 2.37. The van der Waals surface area contributed by atoms with E-state index in [9.17, 15) is 24.9 Å². The van der Waals surface area contributed by atoms with Gasteiger partial charge >= 0.3 is 0 Å². The second kappa shape index (κ2) is 9.93. The normalized spacial score (nSPS) is 33.0. The first-order valence-corrected chi connectivity index (χ1v) is 10.9. The Kier molecular flexibility index (Phi) is 7.76. The Balaban J connectivity index is 1.47. The molecule has 0 spiro atoms. The van der Waals surface area contributed by atoms with Crippen LogP contribution in [0.3, 0.4) is 0 Å². The molecule has 0 saturated carbocycles. The number of halogens is 1. The van der Waals surface area contributed by atoms with Gasteiger partial charge in [0.25, 0.3) is 0 Å². The molecule has 2 saturated heterocycles. The highest BCUT2D eigenvalue weighted by atomic mass is 79.9. The quantitative estimate of drug-likeness (QED) is 0.206. The van der Waals surface area contributed by atoms with E-state index in [-0.39, 0.29) is 49.1 Å². The molecule has 30 heavy (non-hydrogen) atoms. The molecule has 0 unspecified atom stereocenters. The average Bonchev–Trinajstić information content (AvgIpc) is 3.46. The minimum Gasteiger partial charge on any atom is -0.393 e. The van der Waals surface area contributed by atoms with Gasteiger partial charge in [0.15, 0.2) is 5.78 Å². The number of hydrogen-bond donors (Lipinski definition) is 3. The molecule has 0 aromatic carbocycles. The summed E-state index contributed by atoms with van der Waals surface area (Å²) < 4.78 is 11.9. The molecule has 2 fully saturated rings. The van der Waals surface area contributed by atoms with Gasteiger partial charge in [0, 0.05) is 36.4 Å². The first kappa shape index (κ1) is 23.4. The number of aliphatic hydroxyl groups excluding tert-OH is 3. The second-order valence-corrected chi connectivity index (χ2v) is 9.11. The Hall–Kier alpha value is -1.23. The van der Waals surface area contributed by atoms with Crippen molar-refractivity contribution in [2.75, 3.05) is 6.61 Å². The molecule has 0 amide bonds. The Morgan fingerprint density at radius 2 is 1.97 bits per heavy atom. The number of ether oxygens (including phenoxy) is 2. The maximum atomic E-state index is 12.3. The second-order valence-electron chi connectivity index (χ2n) is 8.30. The number of Topliss-reactive ketones (excluding diaryl/α,β-unsaturated/α-hetero) is 2. The molecular weight excluding hydrogens is 458 g/mol. The van der Waals surface area contributed by atoms with Gasteiger partial charge in [-0.2, -0.15) is 0 Å². The lowest BCUT2D eigenvalue weighted by molar-refractivity contribution is -0.170. The number of carbonyl (C=O) groups is 2. The molecule has 1 aromatic heterocycles. The minimum absolute atomic E-state index is 0.0236. The van der Waals surface area contributed by atoms with E-state index >= 15 is 0 Å². The van der Waals surface area contributed by atoms with E-state index < -0.39 is 30.3 Å². The predicted molar refractivity (Wildman–Crippen MR) is 110 cm³/mol. The summed E-state index contributed by atoms with van der Waals surface area (Å²) >= 11 is 3.19. The van der Waals surface area contributed by atoms with Crippen molar-refractivity contribution < 1.29 is 34.4 Å². The van der Waals surface area contributed by atoms with Crippen molar-refractivity contribution in [3.8, 4) is 0 Å². The highest BCUT2D eigenvalue weighted by Gasteiger charge is 2.48. The van der Waals surface area contributed by atoms with Crippen LogP contribution in [0.5, 0.6) is 0 Å². The van der Waals surface area contributed by atoms with E-state index in [1.807, 2.05) is 6.92 Å². The van der Waals surface area contributed by atoms with E-state index in [2.05, 4.69) is 20.9 Å². The summed E-state index contributed by atoms with van der Waals surface area (Å²) in [7, 11) is 0. The van der Waals surface area contributed by atoms with E-state index in [0.29, 0.717) is 16.6 Å². The van der Waals surface area contributed by atoms with Crippen molar-refractivity contribution in [3.05, 3.63) is 28.5 Å². The molecule has 2 aliphatic heterocycles. The van der Waals surface area contributed by atoms with Gasteiger partial charge in [-0.05, 0) is 35.0 Å². The van der Waals surface area contributed by atoms with Gasteiger partial charge in [-0.3, -0.25) is 9.59 Å². The fraction of sp³-hybridized carbons (Fsp3) is 0.667. The molecule has 0 radical (unpaired) electrons. The largest absolute Gasteiger partial charge is 0.393 e. The Morgan fingerprint density at radius 1 is 1.23 bits per heavy atom. The van der Waals surface area contributed by atoms with E-state index in [1.165, 1.54) is 6.20 Å². The smallest absolute Gasteiger partial charge is 0.171 e. The lowest BCUT2D eigenvalue weighted by Gasteiger charge is -2.37. The van der Waals surface area contributed by atoms with Crippen LogP contribution in [0.4, 0.5) is 0 Å². The third-order valence-electron chi connectivity index (χ3n) is 6.00. The van der Waals surface area contributed by atoms with E-state index in [1.54, 1.807) is 19.1 Å². The van der Waals surface area contributed by atoms with Crippen LogP contribution in [0.2, 0.25) is 0 Å². The Morgan fingerprint density at radius 3 is 2.60 bits per heavy atom. The number of pyridine rings is 1. The molecule has 0 aliphatic carbocycles. The highest BCUT2D eigenvalue weighted by molar-refractivity contribution is 9.10. The van der Waals surface area contributed by atoms with Crippen molar-refractivity contribution in [2.45, 2.75) is 69.7 Å². The van der Waals surface area contributed by atoms with Crippen LogP contribution in [0.15, 0.2) is 22.9 Å². The van der Waals surface area contributed by atoms with Crippen LogP contribution in [0, 0.1) is 11.8 Å². The molecule has 8 atom stereocenters. The van der Waals surface area contributed by atoms with Crippen LogP contribution in [0.25, 0.3) is 0 Å². The summed E-state index contributed by atoms with van der Waals surface area (Å²) in [6, 6.07) is 3.22. The van der Waals surface area contributed by atoms with Crippen LogP contribution in [-0.2, 0) is 14.3 Å². The summed E-state index contributed by atoms with van der Waals surface area (Å²) in [5.41, 5.74) is 0.345. The molecule has 3 N–H and O–H groups in total. The van der Waals surface area contributed by atoms with Gasteiger partial charge in [0.05, 0.1) is 43.5 Å². The molecule has 9 heteroatoms. The molecule has 3 heterocycles. The van der Waals surface area contributed by atoms with Crippen LogP contribution >= 0.6 is 15.9 Å². The number of aliphatic hydroxyl groups is 3. The molecule has 2 aliphatic rings. The van der Waals surface area contributed by atoms with Crippen LogP contribution in [-0.4, -0.2) is 75.1 Å². The molecule has 1 aromatic rings. The fourth-order valence-electron chi connectivity index (χ4n) is 3.83. The van der Waals surface area contributed by atoms with Gasteiger partial charge in [-0.1, -0.05) is 6.92 Å². The molecule has 3 rings (SSSR count). The number of rotatable bonds is 9. The summed E-state index contributed by atoms with van der Waals surface area (Å²) in [5.74, 6) is -1.26. The zero-order valence-corrected chi connectivity index (χ0v) is 18.6. The van der Waals surface area contributed by atoms with Crippen LogP contribution in [0.1, 0.15) is 43.5 Å². The number of ketones is 2. The third-order valence-corrected chi connectivity index (χ3v) is 6.47. The van der Waals surface area contributed by atoms with Gasteiger partial charge in [0.1, 0.15) is 16.5 Å². The Labute approximate surface area is 183 Å².